The number of hydrogen-bond acceptors (Lipinski definition) is 8. The van der Waals surface area contributed by atoms with Crippen molar-refractivity contribution in [3.8, 4) is 0 Å². The number of nitrogens with zero attached hydrogens (tertiary/aromatic N) is 8. The predicted octanol–water partition coefficient (Wildman–Crippen LogP) is 1.09. The topological polar surface area (TPSA) is 689 Å². The van der Waals surface area contributed by atoms with Gasteiger partial charge in [-0.25, -0.2) is 9.97 Å². The van der Waals surface area contributed by atoms with Crippen LogP contribution in [0.3, 0.4) is 0 Å². The maximum Gasteiger partial charge on any atom is 1.00 e. The molecule has 2 aromatic heterocycles. The molecule has 0 aliphatic rings. The Morgan fingerprint density at radius 3 is 0.442 bits per heavy atom. The average Bonchev–Trinajstić information content (AvgIpc) is 3.37. The molecule has 0 fully saturated rings. The predicted molar refractivity (Wildman–Crippen MR) is 300 cm³/mol. The van der Waals surface area contributed by atoms with Crippen LogP contribution in [-0.2, 0) is 304 Å². The van der Waals surface area contributed by atoms with Crippen molar-refractivity contribution in [3.63, 3.8) is 0 Å². The fourth-order valence-electron chi connectivity index (χ4n) is 4.37. The summed E-state index contributed by atoms with van der Waals surface area (Å²) in [6, 6.07) is 55.1. The van der Waals surface area contributed by atoms with Crippen molar-refractivity contribution < 1.29 is 304 Å². The molecule has 6 aromatic rings. The molecule has 0 N–H and O–H groups in total. The minimum absolute atomic E-state index is 0. The monoisotopic (exact) mass is 2070 g/mol. The minimum Gasteiger partial charge on any atom is -2.00 e. The molecule has 0 radical (unpaired) electrons. The van der Waals surface area contributed by atoms with Gasteiger partial charge in [-0.3, -0.25) is 28.8 Å². The number of hydrogen-bond donors (Lipinski definition) is 0. The van der Waals surface area contributed by atoms with Crippen molar-refractivity contribution in [2.24, 2.45) is 0 Å². The van der Waals surface area contributed by atoms with E-state index in [-0.39, 0.29) is 275 Å². The number of rotatable bonds is 12. The Labute approximate surface area is 677 Å². The van der Waals surface area contributed by atoms with Gasteiger partial charge in [-0.05, 0) is 60.7 Å². The SMILES string of the molecule is CN(C)C=O.CN(C)C=O.CN(C)C=O.CN(C)C=O.CN(C)C=O.CN(C)C=O.[Ag+].[Ag+].[Mo].[Mo].[Mo].[Mo].[Mo].[Mo].[O-2].[O-2].[O-2].[O-2].[O-2].[O-2].[O-2].[O-2].[O-2].[O-2].[O-2].[O-2].[O-2].[O-2].[O-2].[O-2].[O-2].[O-2].[O-2].c1ccc([PH+](c2ccccc2)c2ccccn2)cc1.c1ccc([PH+](c2ccccc2)c2ccccn2)cc1. The second-order valence-electron chi connectivity index (χ2n) is 15.1. The van der Waals surface area contributed by atoms with E-state index in [1.807, 2.05) is 24.5 Å². The van der Waals surface area contributed by atoms with E-state index in [2.05, 4.69) is 156 Å². The van der Waals surface area contributed by atoms with Crippen LogP contribution >= 0.6 is 15.8 Å². The van der Waals surface area contributed by atoms with Crippen molar-refractivity contribution in [1.82, 2.24) is 39.4 Å². The fourth-order valence-corrected chi connectivity index (χ4v) is 9.25. The molecule has 33 nitrogen and oxygen atoms in total. The molecule has 0 aliphatic heterocycles. The Hall–Kier alpha value is -2.29. The van der Waals surface area contributed by atoms with E-state index in [0.29, 0.717) is 0 Å². The molecule has 4 aromatic carbocycles. The Morgan fingerprint density at radius 1 is 0.232 bits per heavy atom. The van der Waals surface area contributed by atoms with Gasteiger partial charge in [0.2, 0.25) is 38.5 Å². The minimum atomic E-state index is -0.988. The first-order chi connectivity index (χ1) is 32.5. The number of pyridine rings is 2. The Morgan fingerprint density at radius 2 is 0.347 bits per heavy atom. The second kappa shape index (κ2) is 132. The zero-order chi connectivity index (χ0) is 51.5. The summed E-state index contributed by atoms with van der Waals surface area (Å²) in [5, 5.41) is 5.49. The summed E-state index contributed by atoms with van der Waals surface area (Å²) >= 11 is 0. The average molecular weight is 2060 g/mol. The third-order valence-corrected chi connectivity index (χ3v) is 12.6. The van der Waals surface area contributed by atoms with Crippen LogP contribution < -0.4 is 32.1 Å². The van der Waals surface area contributed by atoms with Gasteiger partial charge < -0.3 is 133 Å². The first-order valence-electron chi connectivity index (χ1n) is 21.0. The van der Waals surface area contributed by atoms with Crippen LogP contribution in [-0.4, -0.2) is 162 Å². The van der Waals surface area contributed by atoms with E-state index >= 15 is 0 Å². The third kappa shape index (κ3) is 111. The fraction of sp³-hybridized carbons (Fsp3) is 0.231. The van der Waals surface area contributed by atoms with E-state index in [4.69, 9.17) is 0 Å². The van der Waals surface area contributed by atoms with E-state index in [1.165, 1.54) is 61.5 Å². The van der Waals surface area contributed by atoms with Gasteiger partial charge in [0.15, 0.2) is 10.9 Å². The molecule has 0 spiro atoms. The maximum absolute atomic E-state index is 9.43. The normalized spacial score (nSPS) is 6.38. The van der Waals surface area contributed by atoms with E-state index < -0.39 is 15.8 Å². The molecule has 0 unspecified atom stereocenters. The van der Waals surface area contributed by atoms with Crippen molar-refractivity contribution >= 4 is 86.4 Å². The Balaban J connectivity index is -0.0000000200. The van der Waals surface area contributed by atoms with Gasteiger partial charge >= 0.3 is 44.8 Å². The molecule has 0 bridgehead atoms. The van der Waals surface area contributed by atoms with Gasteiger partial charge in [0.1, 0.15) is 37.1 Å². The smallest absolute Gasteiger partial charge is 1.00 e. The number of benzene rings is 4. The van der Waals surface area contributed by atoms with Crippen LogP contribution in [0.4, 0.5) is 0 Å². The second-order valence-corrected chi connectivity index (χ2v) is 19.9. The van der Waals surface area contributed by atoms with Gasteiger partial charge in [0.25, 0.3) is 0 Å². The standard InChI is InChI=1S/2C17H14NP.6C3H7NO.2Ag.6Mo.19O/c2*1-3-9-15(10-4-1)19(16-11-5-2-6-12-16)17-13-7-8-14-18-17;6*1-4(2)3-5;;;;;;;;;;;;;;;;;;;;;;;;;;;/h2*1-14H;6*3H,1-2H3;;;;;;;;;;;;;;;;;;;;;;;;;;;/q;;;;;;;;2*+1;;;;;;;19*-2/p+2. The molecule has 0 atom stereocenters. The Kier molecular flexibility index (Phi) is 266. The zero-order valence-corrected chi connectivity index (χ0v) is 69.5. The summed E-state index contributed by atoms with van der Waals surface area (Å²) in [4.78, 5) is 74.4. The van der Waals surface area contributed by atoms with Crippen LogP contribution in [0.1, 0.15) is 0 Å². The molecule has 0 saturated heterocycles. The van der Waals surface area contributed by atoms with Crippen molar-refractivity contribution in [3.05, 3.63) is 170 Å². The van der Waals surface area contributed by atoms with Gasteiger partial charge in [-0.1, -0.05) is 84.9 Å². The molecule has 2 heterocycles. The van der Waals surface area contributed by atoms with Crippen molar-refractivity contribution in [2.75, 3.05) is 84.6 Å². The molecule has 0 aliphatic carbocycles. The number of aromatic nitrogens is 2. The summed E-state index contributed by atoms with van der Waals surface area (Å²) in [6.45, 7) is 0. The molecule has 6 rings (SSSR count). The molecular formula is C52H72Ag2Mo6N8O25P2-34. The van der Waals surface area contributed by atoms with Crippen LogP contribution in [0.15, 0.2) is 170 Å². The van der Waals surface area contributed by atoms with Crippen LogP contribution in [0, 0.1) is 0 Å². The first kappa shape index (κ1) is 192. The number of amides is 6. The summed E-state index contributed by atoms with van der Waals surface area (Å²) in [5.41, 5.74) is 2.37. The molecule has 0 saturated carbocycles. The Bertz CT molecular complexity index is 1820. The van der Waals surface area contributed by atoms with Crippen molar-refractivity contribution in [2.45, 2.75) is 0 Å². The largest absolute Gasteiger partial charge is 2.00 e. The van der Waals surface area contributed by atoms with Gasteiger partial charge in [0.05, 0.1) is 0 Å². The van der Waals surface area contributed by atoms with Gasteiger partial charge in [0, 0.05) is 235 Å². The van der Waals surface area contributed by atoms with Crippen LogP contribution in [0.2, 0.25) is 0 Å². The summed E-state index contributed by atoms with van der Waals surface area (Å²) in [6.07, 6.45) is 8.26. The summed E-state index contributed by atoms with van der Waals surface area (Å²) in [5.74, 6) is 0. The molecule has 6 amide bonds. The molecule has 95 heavy (non-hydrogen) atoms. The van der Waals surface area contributed by atoms with Gasteiger partial charge in [-0.15, -0.1) is 0 Å². The van der Waals surface area contributed by atoms with Gasteiger partial charge in [-0.2, -0.15) is 0 Å². The third-order valence-electron chi connectivity index (χ3n) is 7.36. The van der Waals surface area contributed by atoms with E-state index in [1.54, 1.807) is 84.6 Å². The summed E-state index contributed by atoms with van der Waals surface area (Å²) in [7, 11) is 18.3. The zero-order valence-electron chi connectivity index (χ0n) is 52.5. The van der Waals surface area contributed by atoms with E-state index in [0.717, 1.165) is 38.5 Å². The number of carbonyl (C=O) groups excluding carboxylic acids is 6. The summed E-state index contributed by atoms with van der Waals surface area (Å²) < 4.78 is 0. The molecule has 43 heteroatoms. The maximum atomic E-state index is 9.43. The van der Waals surface area contributed by atoms with Crippen molar-refractivity contribution in [1.29, 1.82) is 0 Å². The first-order valence-corrected chi connectivity index (χ1v) is 24.0. The number of carbonyl (C=O) groups is 6. The van der Waals surface area contributed by atoms with Crippen LogP contribution in [0.5, 0.6) is 0 Å². The van der Waals surface area contributed by atoms with Crippen LogP contribution in [0.25, 0.3) is 0 Å². The molecule has 572 valence electrons. The quantitative estimate of drug-likeness (QED) is 0.0967. The van der Waals surface area contributed by atoms with E-state index in [9.17, 15) is 28.8 Å². The molecular weight excluding hydrogens is 1990 g/mol.